The van der Waals surface area contributed by atoms with Gasteiger partial charge in [-0.25, -0.2) is 14.6 Å². The number of thiazole rings is 1. The van der Waals surface area contributed by atoms with Crippen molar-refractivity contribution in [2.24, 2.45) is 0 Å². The number of hydrogen-bond acceptors (Lipinski definition) is 6. The molecule has 0 spiro atoms. The summed E-state index contributed by atoms with van der Waals surface area (Å²) in [6, 6.07) is 13.6. The fourth-order valence-corrected chi connectivity index (χ4v) is 3.89. The number of hydrogen-bond donors (Lipinski definition) is 1. The van der Waals surface area contributed by atoms with Crippen molar-refractivity contribution in [3.63, 3.8) is 0 Å². The second-order valence-electron chi connectivity index (χ2n) is 5.51. The number of amides is 1. The van der Waals surface area contributed by atoms with Crippen LogP contribution in [0.1, 0.15) is 20.5 Å². The molecule has 26 heavy (non-hydrogen) atoms. The number of carbonyl (C=O) groups is 1. The smallest absolute Gasteiger partial charge is 0.291 e. The minimum Gasteiger partial charge on any atom is -0.344 e. The Balaban J connectivity index is 1.63. The number of rotatable bonds is 5. The number of nitrogens with one attached hydrogen (secondary N) is 1. The van der Waals surface area contributed by atoms with E-state index in [2.05, 4.69) is 20.4 Å². The van der Waals surface area contributed by atoms with E-state index in [9.17, 15) is 4.79 Å². The van der Waals surface area contributed by atoms with E-state index < -0.39 is 0 Å². The third kappa shape index (κ3) is 3.42. The molecule has 1 aromatic carbocycles. The Morgan fingerprint density at radius 1 is 1.19 bits per heavy atom. The Morgan fingerprint density at radius 3 is 2.73 bits per heavy atom. The summed E-state index contributed by atoms with van der Waals surface area (Å²) in [7, 11) is 0. The van der Waals surface area contributed by atoms with Crippen molar-refractivity contribution in [2.75, 3.05) is 0 Å². The lowest BCUT2D eigenvalue weighted by molar-refractivity contribution is 0.0941. The van der Waals surface area contributed by atoms with Gasteiger partial charge in [0.1, 0.15) is 0 Å². The first-order chi connectivity index (χ1) is 12.7. The Hall–Kier alpha value is -2.84. The van der Waals surface area contributed by atoms with Crippen LogP contribution < -0.4 is 5.32 Å². The van der Waals surface area contributed by atoms with Crippen LogP contribution >= 0.6 is 22.7 Å². The normalized spacial score (nSPS) is 10.8. The summed E-state index contributed by atoms with van der Waals surface area (Å²) in [6.07, 6.45) is 1.77. The fourth-order valence-electron chi connectivity index (χ4n) is 2.46. The average Bonchev–Trinajstić information content (AvgIpc) is 3.40. The molecule has 130 valence electrons. The van der Waals surface area contributed by atoms with Crippen LogP contribution in [0.4, 0.5) is 0 Å². The molecular formula is C18H15N5OS2. The van der Waals surface area contributed by atoms with E-state index in [1.807, 2.05) is 54.8 Å². The summed E-state index contributed by atoms with van der Waals surface area (Å²) in [5.74, 6) is 0.506. The second kappa shape index (κ2) is 7.19. The molecule has 3 heterocycles. The van der Waals surface area contributed by atoms with Crippen LogP contribution in [0.25, 0.3) is 16.4 Å². The topological polar surface area (TPSA) is 72.7 Å². The summed E-state index contributed by atoms with van der Waals surface area (Å²) in [6.45, 7) is 2.35. The maximum absolute atomic E-state index is 12.5. The predicted molar refractivity (Wildman–Crippen MR) is 103 cm³/mol. The van der Waals surface area contributed by atoms with Gasteiger partial charge in [-0.15, -0.1) is 27.8 Å². The van der Waals surface area contributed by atoms with Crippen LogP contribution in [0.15, 0.2) is 54.0 Å². The molecule has 0 saturated carbocycles. The molecule has 0 aliphatic carbocycles. The quantitative estimate of drug-likeness (QED) is 0.572. The highest BCUT2D eigenvalue weighted by Gasteiger charge is 2.19. The van der Waals surface area contributed by atoms with E-state index in [4.69, 9.17) is 0 Å². The molecule has 0 radical (unpaired) electrons. The zero-order chi connectivity index (χ0) is 17.9. The highest BCUT2D eigenvalue weighted by Crippen LogP contribution is 2.25. The van der Waals surface area contributed by atoms with Gasteiger partial charge in [-0.2, -0.15) is 0 Å². The first kappa shape index (κ1) is 16.6. The van der Waals surface area contributed by atoms with Gasteiger partial charge in [-0.1, -0.05) is 24.3 Å². The van der Waals surface area contributed by atoms with Crippen LogP contribution in [0.2, 0.25) is 0 Å². The van der Waals surface area contributed by atoms with E-state index >= 15 is 0 Å². The summed E-state index contributed by atoms with van der Waals surface area (Å²) >= 11 is 3.12. The third-order valence-corrected chi connectivity index (χ3v) is 5.42. The van der Waals surface area contributed by atoms with Crippen LogP contribution in [-0.4, -0.2) is 25.7 Å². The van der Waals surface area contributed by atoms with Crippen molar-refractivity contribution in [1.82, 2.24) is 25.1 Å². The molecule has 0 fully saturated rings. The first-order valence-corrected chi connectivity index (χ1v) is 9.66. The fraction of sp³-hybridized carbons (Fsp3) is 0.111. The van der Waals surface area contributed by atoms with Crippen molar-refractivity contribution in [3.8, 4) is 16.4 Å². The molecule has 3 aromatic heterocycles. The van der Waals surface area contributed by atoms with E-state index in [0.717, 1.165) is 20.4 Å². The number of nitrogens with zero attached hydrogens (tertiary/aromatic N) is 4. The van der Waals surface area contributed by atoms with Gasteiger partial charge in [0.15, 0.2) is 5.82 Å². The number of aromatic nitrogens is 4. The molecule has 0 saturated heterocycles. The predicted octanol–water partition coefficient (Wildman–Crippen LogP) is 3.69. The summed E-state index contributed by atoms with van der Waals surface area (Å²) in [5.41, 5.74) is 0.862. The Bertz CT molecular complexity index is 1020. The van der Waals surface area contributed by atoms with Gasteiger partial charge in [-0.3, -0.25) is 4.79 Å². The molecule has 0 bridgehead atoms. The standard InChI is InChI=1S/C18H15N5OS2/c1-12-19-10-14(26-12)11-20-18(24)16-21-17(15-8-5-9-25-15)23(22-16)13-6-3-2-4-7-13/h2-10H,11H2,1H3,(H,20,24). The van der Waals surface area contributed by atoms with E-state index in [0.29, 0.717) is 12.4 Å². The maximum Gasteiger partial charge on any atom is 0.291 e. The van der Waals surface area contributed by atoms with E-state index in [-0.39, 0.29) is 11.7 Å². The average molecular weight is 381 g/mol. The minimum atomic E-state index is -0.302. The van der Waals surface area contributed by atoms with Gasteiger partial charge in [0.25, 0.3) is 5.91 Å². The number of para-hydroxylation sites is 1. The van der Waals surface area contributed by atoms with Crippen molar-refractivity contribution in [1.29, 1.82) is 0 Å². The van der Waals surface area contributed by atoms with Gasteiger partial charge in [0.2, 0.25) is 5.82 Å². The lowest BCUT2D eigenvalue weighted by Gasteiger charge is -2.03. The molecule has 1 N–H and O–H groups in total. The molecule has 6 nitrogen and oxygen atoms in total. The molecule has 0 aliphatic rings. The van der Waals surface area contributed by atoms with E-state index in [1.165, 1.54) is 0 Å². The van der Waals surface area contributed by atoms with Crippen molar-refractivity contribution in [3.05, 3.63) is 69.8 Å². The molecule has 0 aliphatic heterocycles. The van der Waals surface area contributed by atoms with E-state index in [1.54, 1.807) is 33.6 Å². The van der Waals surface area contributed by atoms with Crippen molar-refractivity contribution in [2.45, 2.75) is 13.5 Å². The first-order valence-electron chi connectivity index (χ1n) is 7.96. The third-order valence-electron chi connectivity index (χ3n) is 3.64. The van der Waals surface area contributed by atoms with Crippen molar-refractivity contribution < 1.29 is 4.79 Å². The monoisotopic (exact) mass is 381 g/mol. The number of aryl methyl sites for hydroxylation is 1. The zero-order valence-electron chi connectivity index (χ0n) is 13.9. The van der Waals surface area contributed by atoms with Gasteiger partial charge in [0.05, 0.1) is 22.1 Å². The summed E-state index contributed by atoms with van der Waals surface area (Å²) < 4.78 is 1.71. The van der Waals surface area contributed by atoms with Crippen LogP contribution in [0, 0.1) is 6.92 Å². The van der Waals surface area contributed by atoms with Crippen LogP contribution in [0.3, 0.4) is 0 Å². The summed E-state index contributed by atoms with van der Waals surface area (Å²) in [4.78, 5) is 23.2. The van der Waals surface area contributed by atoms with Gasteiger partial charge < -0.3 is 5.32 Å². The van der Waals surface area contributed by atoms with Crippen molar-refractivity contribution >= 4 is 28.6 Å². The minimum absolute atomic E-state index is 0.151. The number of thiophene rings is 1. The second-order valence-corrected chi connectivity index (χ2v) is 7.78. The van der Waals surface area contributed by atoms with Crippen LogP contribution in [0.5, 0.6) is 0 Å². The summed E-state index contributed by atoms with van der Waals surface area (Å²) in [5, 5.41) is 10.3. The zero-order valence-corrected chi connectivity index (χ0v) is 15.5. The highest BCUT2D eigenvalue weighted by atomic mass is 32.1. The Kier molecular flexibility index (Phi) is 4.59. The molecular weight excluding hydrogens is 366 g/mol. The SMILES string of the molecule is Cc1ncc(CNC(=O)c2nc(-c3cccs3)n(-c3ccccc3)n2)s1. The molecule has 1 amide bonds. The van der Waals surface area contributed by atoms with Gasteiger partial charge >= 0.3 is 0 Å². The molecule has 4 rings (SSSR count). The largest absolute Gasteiger partial charge is 0.344 e. The Morgan fingerprint density at radius 2 is 2.04 bits per heavy atom. The molecule has 0 unspecified atom stereocenters. The lowest BCUT2D eigenvalue weighted by Crippen LogP contribution is -2.23. The molecule has 8 heteroatoms. The maximum atomic E-state index is 12.5. The highest BCUT2D eigenvalue weighted by molar-refractivity contribution is 7.13. The van der Waals surface area contributed by atoms with Crippen LogP contribution in [-0.2, 0) is 6.54 Å². The Labute approximate surface area is 158 Å². The van der Waals surface area contributed by atoms with Gasteiger partial charge in [-0.05, 0) is 30.5 Å². The number of carbonyl (C=O) groups excluding carboxylic acids is 1. The van der Waals surface area contributed by atoms with Gasteiger partial charge in [0, 0.05) is 11.1 Å². The lowest BCUT2D eigenvalue weighted by atomic mass is 10.3. The number of benzene rings is 1. The molecule has 4 aromatic rings. The molecule has 0 atom stereocenters.